The highest BCUT2D eigenvalue weighted by Gasteiger charge is 2.56. The van der Waals surface area contributed by atoms with E-state index in [0.717, 1.165) is 6.54 Å². The fourth-order valence-corrected chi connectivity index (χ4v) is 5.24. The average Bonchev–Trinajstić information content (AvgIpc) is 2.70. The standard InChI is InChI=1S/C20H31NO/c1-7-21-18-15(3)12-20(6,13-17(18)19(4,5)22-21)16-11-9-8-10-14(16)2/h8-11,15,17-18H,7,12-13H2,1-6H3/t15-,17-,18-,20-/m1/s1. The molecule has 1 saturated carbocycles. The van der Waals surface area contributed by atoms with Crippen LogP contribution in [0.15, 0.2) is 24.3 Å². The van der Waals surface area contributed by atoms with Gasteiger partial charge in [0.15, 0.2) is 0 Å². The molecular formula is C20H31NO. The Hall–Kier alpha value is -0.860. The van der Waals surface area contributed by atoms with Gasteiger partial charge in [-0.05, 0) is 56.1 Å². The van der Waals surface area contributed by atoms with Gasteiger partial charge >= 0.3 is 0 Å². The molecule has 3 rings (SSSR count). The van der Waals surface area contributed by atoms with Gasteiger partial charge in [-0.15, -0.1) is 0 Å². The number of hydrogen-bond donors (Lipinski definition) is 0. The Labute approximate surface area is 135 Å². The van der Waals surface area contributed by atoms with Crippen molar-refractivity contribution in [1.29, 1.82) is 0 Å². The summed E-state index contributed by atoms with van der Waals surface area (Å²) in [6.45, 7) is 14.9. The zero-order valence-electron chi connectivity index (χ0n) is 15.0. The molecule has 1 aliphatic heterocycles. The quantitative estimate of drug-likeness (QED) is 0.784. The van der Waals surface area contributed by atoms with Crippen molar-refractivity contribution in [2.45, 2.75) is 71.4 Å². The summed E-state index contributed by atoms with van der Waals surface area (Å²) in [5, 5.41) is 2.26. The zero-order chi connectivity index (χ0) is 16.1. The highest BCUT2D eigenvalue weighted by atomic mass is 16.7. The van der Waals surface area contributed by atoms with Crippen LogP contribution < -0.4 is 0 Å². The fraction of sp³-hybridized carbons (Fsp3) is 0.700. The summed E-state index contributed by atoms with van der Waals surface area (Å²) in [6.07, 6.45) is 2.46. The lowest BCUT2D eigenvalue weighted by Gasteiger charge is -2.47. The fourth-order valence-electron chi connectivity index (χ4n) is 5.24. The summed E-state index contributed by atoms with van der Waals surface area (Å²) in [6, 6.07) is 9.50. The highest BCUT2D eigenvalue weighted by molar-refractivity contribution is 5.34. The largest absolute Gasteiger partial charge is 0.292 e. The summed E-state index contributed by atoms with van der Waals surface area (Å²) < 4.78 is 0. The predicted molar refractivity (Wildman–Crippen MR) is 91.8 cm³/mol. The number of fused-ring (bicyclic) bond motifs is 1. The molecule has 0 amide bonds. The molecule has 2 aliphatic rings. The third-order valence-corrected chi connectivity index (χ3v) is 6.12. The second kappa shape index (κ2) is 5.35. The van der Waals surface area contributed by atoms with Crippen LogP contribution in [0.25, 0.3) is 0 Å². The van der Waals surface area contributed by atoms with Gasteiger partial charge in [0, 0.05) is 18.5 Å². The second-order valence-electron chi connectivity index (χ2n) is 8.29. The minimum Gasteiger partial charge on any atom is -0.292 e. The molecule has 22 heavy (non-hydrogen) atoms. The van der Waals surface area contributed by atoms with E-state index in [1.165, 1.54) is 24.0 Å². The normalized spacial score (nSPS) is 38.0. The van der Waals surface area contributed by atoms with Gasteiger partial charge in [0.1, 0.15) is 0 Å². The smallest absolute Gasteiger partial charge is 0.0888 e. The van der Waals surface area contributed by atoms with E-state index in [1.807, 2.05) is 0 Å². The second-order valence-corrected chi connectivity index (χ2v) is 8.29. The Kier molecular flexibility index (Phi) is 3.89. The molecule has 0 aromatic heterocycles. The van der Waals surface area contributed by atoms with E-state index < -0.39 is 0 Å². The molecule has 1 saturated heterocycles. The van der Waals surface area contributed by atoms with Crippen LogP contribution >= 0.6 is 0 Å². The number of nitrogens with zero attached hydrogens (tertiary/aromatic N) is 1. The van der Waals surface area contributed by atoms with E-state index in [9.17, 15) is 0 Å². The molecule has 1 heterocycles. The lowest BCUT2D eigenvalue weighted by molar-refractivity contribution is -0.195. The van der Waals surface area contributed by atoms with Crippen molar-refractivity contribution in [2.75, 3.05) is 6.54 Å². The lowest BCUT2D eigenvalue weighted by atomic mass is 9.58. The third-order valence-electron chi connectivity index (χ3n) is 6.12. The Bertz CT molecular complexity index is 552. The molecule has 0 unspecified atom stereocenters. The first kappa shape index (κ1) is 16.0. The minimum absolute atomic E-state index is 0.0562. The van der Waals surface area contributed by atoms with E-state index in [4.69, 9.17) is 4.84 Å². The first-order valence-electron chi connectivity index (χ1n) is 8.80. The van der Waals surface area contributed by atoms with Gasteiger partial charge in [-0.25, -0.2) is 0 Å². The number of rotatable bonds is 2. The molecule has 2 heteroatoms. The molecule has 0 radical (unpaired) electrons. The van der Waals surface area contributed by atoms with Crippen LogP contribution in [0.3, 0.4) is 0 Å². The van der Waals surface area contributed by atoms with Crippen molar-refractivity contribution < 1.29 is 4.84 Å². The monoisotopic (exact) mass is 301 g/mol. The zero-order valence-corrected chi connectivity index (χ0v) is 15.0. The molecule has 0 N–H and O–H groups in total. The van der Waals surface area contributed by atoms with Crippen molar-refractivity contribution in [3.63, 3.8) is 0 Å². The summed E-state index contributed by atoms with van der Waals surface area (Å²) in [5.74, 6) is 1.26. The maximum Gasteiger partial charge on any atom is 0.0888 e. The molecule has 4 atom stereocenters. The van der Waals surface area contributed by atoms with Gasteiger partial charge in [0.25, 0.3) is 0 Å². The van der Waals surface area contributed by atoms with Crippen molar-refractivity contribution >= 4 is 0 Å². The van der Waals surface area contributed by atoms with Crippen LogP contribution in [0.2, 0.25) is 0 Å². The van der Waals surface area contributed by atoms with Crippen LogP contribution in [-0.4, -0.2) is 23.3 Å². The maximum absolute atomic E-state index is 6.31. The molecule has 1 aromatic carbocycles. The lowest BCUT2D eigenvalue weighted by Crippen LogP contribution is -2.49. The van der Waals surface area contributed by atoms with Crippen molar-refractivity contribution in [1.82, 2.24) is 5.06 Å². The van der Waals surface area contributed by atoms with Crippen molar-refractivity contribution in [3.05, 3.63) is 35.4 Å². The van der Waals surface area contributed by atoms with E-state index >= 15 is 0 Å². The van der Waals surface area contributed by atoms with Crippen LogP contribution in [0.5, 0.6) is 0 Å². The number of hydrogen-bond acceptors (Lipinski definition) is 2. The Morgan fingerprint density at radius 1 is 1.18 bits per heavy atom. The van der Waals surface area contributed by atoms with Crippen LogP contribution in [0, 0.1) is 18.8 Å². The topological polar surface area (TPSA) is 12.5 Å². The summed E-state index contributed by atoms with van der Waals surface area (Å²) >= 11 is 0. The van der Waals surface area contributed by atoms with E-state index in [2.05, 4.69) is 70.9 Å². The van der Waals surface area contributed by atoms with E-state index in [0.29, 0.717) is 17.9 Å². The SMILES string of the molecule is CCN1OC(C)(C)[C@@H]2C[C@](C)(c3ccccc3C)C[C@@H](C)[C@H]21. The summed E-state index contributed by atoms with van der Waals surface area (Å²) in [7, 11) is 0. The van der Waals surface area contributed by atoms with Crippen molar-refractivity contribution in [2.24, 2.45) is 11.8 Å². The minimum atomic E-state index is -0.0562. The van der Waals surface area contributed by atoms with Crippen LogP contribution in [0.4, 0.5) is 0 Å². The van der Waals surface area contributed by atoms with Gasteiger partial charge in [0.05, 0.1) is 5.60 Å². The molecule has 2 nitrogen and oxygen atoms in total. The predicted octanol–water partition coefficient (Wildman–Crippen LogP) is 4.71. The summed E-state index contributed by atoms with van der Waals surface area (Å²) in [5.41, 5.74) is 3.17. The highest BCUT2D eigenvalue weighted by Crippen LogP contribution is 2.53. The van der Waals surface area contributed by atoms with Gasteiger partial charge in [0.2, 0.25) is 0 Å². The van der Waals surface area contributed by atoms with Crippen LogP contribution in [0.1, 0.15) is 58.6 Å². The van der Waals surface area contributed by atoms with Crippen molar-refractivity contribution in [3.8, 4) is 0 Å². The molecule has 0 spiro atoms. The molecule has 1 aliphatic carbocycles. The maximum atomic E-state index is 6.31. The molecule has 2 fully saturated rings. The Morgan fingerprint density at radius 2 is 1.86 bits per heavy atom. The molecule has 122 valence electrons. The van der Waals surface area contributed by atoms with Gasteiger partial charge < -0.3 is 0 Å². The third kappa shape index (κ3) is 2.41. The Balaban J connectivity index is 1.98. The first-order valence-corrected chi connectivity index (χ1v) is 8.80. The number of benzene rings is 1. The number of aryl methyl sites for hydroxylation is 1. The van der Waals surface area contributed by atoms with Crippen LogP contribution in [-0.2, 0) is 10.3 Å². The Morgan fingerprint density at radius 3 is 2.50 bits per heavy atom. The molecule has 0 bridgehead atoms. The van der Waals surface area contributed by atoms with E-state index in [1.54, 1.807) is 0 Å². The van der Waals surface area contributed by atoms with Gasteiger partial charge in [-0.1, -0.05) is 45.0 Å². The number of hydroxylamine groups is 2. The summed E-state index contributed by atoms with van der Waals surface area (Å²) in [4.78, 5) is 6.31. The van der Waals surface area contributed by atoms with Gasteiger partial charge in [-0.3, -0.25) is 4.84 Å². The first-order chi connectivity index (χ1) is 10.3. The van der Waals surface area contributed by atoms with Gasteiger partial charge in [-0.2, -0.15) is 5.06 Å². The molecule has 1 aromatic rings. The van der Waals surface area contributed by atoms with E-state index in [-0.39, 0.29) is 11.0 Å². The molecular weight excluding hydrogens is 270 g/mol. The average molecular weight is 301 g/mol.